The number of hydrogen-bond donors (Lipinski definition) is 2. The van der Waals surface area contributed by atoms with E-state index in [-0.39, 0.29) is 18.9 Å². The van der Waals surface area contributed by atoms with Gasteiger partial charge >= 0.3 is 11.9 Å². The number of carbonyl (C=O) groups is 3. The van der Waals surface area contributed by atoms with Gasteiger partial charge in [-0.1, -0.05) is 36.1 Å². The number of amides is 1. The second kappa shape index (κ2) is 8.63. The van der Waals surface area contributed by atoms with Gasteiger partial charge in [0.2, 0.25) is 0 Å². The van der Waals surface area contributed by atoms with Gasteiger partial charge in [-0.3, -0.25) is 14.5 Å². The summed E-state index contributed by atoms with van der Waals surface area (Å²) in [7, 11) is 0. The van der Waals surface area contributed by atoms with Crippen molar-refractivity contribution >= 4 is 52.2 Å². The van der Waals surface area contributed by atoms with Gasteiger partial charge in [-0.2, -0.15) is 0 Å². The average Bonchev–Trinajstić information content (AvgIpc) is 2.80. The molecule has 2 rings (SSSR count). The molecule has 0 atom stereocenters. The van der Waals surface area contributed by atoms with E-state index >= 15 is 0 Å². The van der Waals surface area contributed by atoms with Gasteiger partial charge < -0.3 is 14.9 Å². The van der Waals surface area contributed by atoms with Gasteiger partial charge in [-0.15, -0.1) is 0 Å². The monoisotopic (exact) mass is 381 g/mol. The van der Waals surface area contributed by atoms with E-state index in [1.165, 1.54) is 4.90 Å². The maximum atomic E-state index is 12.4. The third kappa shape index (κ3) is 5.57. The molecule has 1 amide bonds. The molecule has 1 aliphatic rings. The topological polar surface area (TPSA) is 104 Å². The van der Waals surface area contributed by atoms with Gasteiger partial charge in [0.25, 0.3) is 5.91 Å². The SMILES string of the molecule is O=C(O)CCCN1C(=O)/C(=C/c2cccc(OCC(=O)O)c2)SC1=S. The van der Waals surface area contributed by atoms with Gasteiger partial charge in [0.1, 0.15) is 10.1 Å². The molecular weight excluding hydrogens is 366 g/mol. The number of ether oxygens (including phenoxy) is 1. The summed E-state index contributed by atoms with van der Waals surface area (Å²) >= 11 is 6.32. The molecule has 0 aliphatic carbocycles. The van der Waals surface area contributed by atoms with Crippen LogP contribution >= 0.6 is 24.0 Å². The summed E-state index contributed by atoms with van der Waals surface area (Å²) in [6.45, 7) is -0.189. The highest BCUT2D eigenvalue weighted by atomic mass is 32.2. The van der Waals surface area contributed by atoms with Crippen molar-refractivity contribution in [2.24, 2.45) is 0 Å². The summed E-state index contributed by atoms with van der Waals surface area (Å²) in [5.74, 6) is -1.88. The first-order valence-electron chi connectivity index (χ1n) is 7.28. The Morgan fingerprint density at radius 1 is 1.28 bits per heavy atom. The summed E-state index contributed by atoms with van der Waals surface area (Å²) in [6.07, 6.45) is 1.94. The Labute approximate surface area is 153 Å². The van der Waals surface area contributed by atoms with Crippen molar-refractivity contribution in [3.63, 3.8) is 0 Å². The van der Waals surface area contributed by atoms with Crippen molar-refractivity contribution in [2.45, 2.75) is 12.8 Å². The lowest BCUT2D eigenvalue weighted by Gasteiger charge is -2.13. The van der Waals surface area contributed by atoms with Crippen LogP contribution < -0.4 is 4.74 Å². The quantitative estimate of drug-likeness (QED) is 0.522. The molecule has 9 heteroatoms. The first kappa shape index (κ1) is 18.9. The molecule has 0 unspecified atom stereocenters. The zero-order chi connectivity index (χ0) is 18.4. The van der Waals surface area contributed by atoms with Crippen molar-refractivity contribution in [3.05, 3.63) is 34.7 Å². The number of benzene rings is 1. The molecule has 1 aliphatic heterocycles. The van der Waals surface area contributed by atoms with E-state index in [4.69, 9.17) is 27.2 Å². The second-order valence-electron chi connectivity index (χ2n) is 5.09. The molecule has 1 aromatic carbocycles. The fourth-order valence-electron chi connectivity index (χ4n) is 2.07. The van der Waals surface area contributed by atoms with Crippen molar-refractivity contribution in [1.29, 1.82) is 0 Å². The summed E-state index contributed by atoms with van der Waals surface area (Å²) in [4.78, 5) is 35.3. The Morgan fingerprint density at radius 3 is 2.72 bits per heavy atom. The molecule has 0 aromatic heterocycles. The highest BCUT2D eigenvalue weighted by molar-refractivity contribution is 8.26. The molecule has 2 N–H and O–H groups in total. The summed E-state index contributed by atoms with van der Waals surface area (Å²) in [5.41, 5.74) is 0.675. The highest BCUT2D eigenvalue weighted by Gasteiger charge is 2.31. The number of carboxylic acids is 2. The Balaban J connectivity index is 2.07. The van der Waals surface area contributed by atoms with E-state index < -0.39 is 18.5 Å². The lowest BCUT2D eigenvalue weighted by molar-refractivity contribution is -0.139. The van der Waals surface area contributed by atoms with Crippen LogP contribution in [0.4, 0.5) is 0 Å². The number of carbonyl (C=O) groups excluding carboxylic acids is 1. The molecule has 1 heterocycles. The normalized spacial score (nSPS) is 15.7. The van der Waals surface area contributed by atoms with Gasteiger partial charge in [-0.05, 0) is 30.2 Å². The van der Waals surface area contributed by atoms with E-state index in [1.54, 1.807) is 30.3 Å². The fourth-order valence-corrected chi connectivity index (χ4v) is 3.38. The van der Waals surface area contributed by atoms with Crippen LogP contribution in [0.3, 0.4) is 0 Å². The molecule has 1 fully saturated rings. The predicted molar refractivity (Wildman–Crippen MR) is 96.3 cm³/mol. The minimum Gasteiger partial charge on any atom is -0.482 e. The van der Waals surface area contributed by atoms with Crippen LogP contribution in [0.15, 0.2) is 29.2 Å². The molecule has 25 heavy (non-hydrogen) atoms. The van der Waals surface area contributed by atoms with Crippen molar-refractivity contribution in [1.82, 2.24) is 4.90 Å². The maximum Gasteiger partial charge on any atom is 0.341 e. The number of nitrogens with zero attached hydrogens (tertiary/aromatic N) is 1. The molecule has 0 radical (unpaired) electrons. The molecular formula is C16H15NO6S2. The van der Waals surface area contributed by atoms with Gasteiger partial charge in [0.05, 0.1) is 4.91 Å². The minimum atomic E-state index is -1.08. The Kier molecular flexibility index (Phi) is 6.54. The average molecular weight is 381 g/mol. The van der Waals surface area contributed by atoms with E-state index in [2.05, 4.69) is 0 Å². The van der Waals surface area contributed by atoms with Gasteiger partial charge in [0.15, 0.2) is 6.61 Å². The summed E-state index contributed by atoms with van der Waals surface area (Å²) in [5, 5.41) is 17.3. The number of aliphatic carboxylic acids is 2. The second-order valence-corrected chi connectivity index (χ2v) is 6.76. The zero-order valence-electron chi connectivity index (χ0n) is 13.0. The third-order valence-corrected chi connectivity index (χ3v) is 4.54. The fraction of sp³-hybridized carbons (Fsp3) is 0.250. The van der Waals surface area contributed by atoms with Crippen molar-refractivity contribution in [2.75, 3.05) is 13.2 Å². The van der Waals surface area contributed by atoms with Gasteiger partial charge in [0, 0.05) is 13.0 Å². The molecule has 1 aromatic rings. The van der Waals surface area contributed by atoms with E-state index in [0.29, 0.717) is 27.0 Å². The molecule has 132 valence electrons. The van der Waals surface area contributed by atoms with Crippen molar-refractivity contribution in [3.8, 4) is 5.75 Å². The number of hydrogen-bond acceptors (Lipinski definition) is 6. The summed E-state index contributed by atoms with van der Waals surface area (Å²) in [6, 6.07) is 6.69. The Hall–Kier alpha value is -2.39. The molecule has 0 saturated carbocycles. The van der Waals surface area contributed by atoms with Gasteiger partial charge in [-0.25, -0.2) is 4.79 Å². The van der Waals surface area contributed by atoms with E-state index in [1.807, 2.05) is 0 Å². The minimum absolute atomic E-state index is 0.0287. The van der Waals surface area contributed by atoms with Crippen LogP contribution in [0.5, 0.6) is 5.75 Å². The largest absolute Gasteiger partial charge is 0.482 e. The summed E-state index contributed by atoms with van der Waals surface area (Å²) < 4.78 is 5.49. The molecule has 0 spiro atoms. The van der Waals surface area contributed by atoms with Crippen LogP contribution in [0.2, 0.25) is 0 Å². The molecule has 0 bridgehead atoms. The lowest BCUT2D eigenvalue weighted by atomic mass is 10.2. The standard InChI is InChI=1S/C16H15NO6S2/c18-13(19)5-2-6-17-15(22)12(25-16(17)24)8-10-3-1-4-11(7-10)23-9-14(20)21/h1,3-4,7-8H,2,5-6,9H2,(H,18,19)(H,20,21)/b12-8-. The van der Waals surface area contributed by atoms with Crippen LogP contribution in [0, 0.1) is 0 Å². The van der Waals surface area contributed by atoms with Crippen LogP contribution in [-0.4, -0.2) is 50.4 Å². The lowest BCUT2D eigenvalue weighted by Crippen LogP contribution is -2.29. The van der Waals surface area contributed by atoms with E-state index in [9.17, 15) is 14.4 Å². The highest BCUT2D eigenvalue weighted by Crippen LogP contribution is 2.33. The van der Waals surface area contributed by atoms with Crippen LogP contribution in [-0.2, 0) is 14.4 Å². The van der Waals surface area contributed by atoms with Crippen molar-refractivity contribution < 1.29 is 29.3 Å². The van der Waals surface area contributed by atoms with E-state index in [0.717, 1.165) is 11.8 Å². The third-order valence-electron chi connectivity index (χ3n) is 3.16. The molecule has 1 saturated heterocycles. The predicted octanol–water partition coefficient (Wildman–Crippen LogP) is 2.22. The zero-order valence-corrected chi connectivity index (χ0v) is 14.6. The smallest absolute Gasteiger partial charge is 0.341 e. The molecule has 7 nitrogen and oxygen atoms in total. The maximum absolute atomic E-state index is 12.4. The first-order chi connectivity index (χ1) is 11.9. The van der Waals surface area contributed by atoms with Crippen LogP contribution in [0.1, 0.15) is 18.4 Å². The van der Waals surface area contributed by atoms with Crippen LogP contribution in [0.25, 0.3) is 6.08 Å². The number of rotatable bonds is 8. The Bertz CT molecular complexity index is 746. The number of carboxylic acid groups (broad SMARTS) is 2. The Morgan fingerprint density at radius 2 is 2.04 bits per heavy atom. The number of thiocarbonyl (C=S) groups is 1. The number of thioether (sulfide) groups is 1. The first-order valence-corrected chi connectivity index (χ1v) is 8.51.